The summed E-state index contributed by atoms with van der Waals surface area (Å²) in [5.41, 5.74) is 6.45. The Morgan fingerprint density at radius 2 is 2.11 bits per heavy atom. The zero-order valence-electron chi connectivity index (χ0n) is 9.96. The van der Waals surface area contributed by atoms with E-state index in [0.717, 1.165) is 25.7 Å². The zero-order chi connectivity index (χ0) is 13.1. The number of carbonyl (C=O) groups excluding carboxylic acids is 1. The molecule has 2 unspecified atom stereocenters. The molecule has 0 aromatic heterocycles. The largest absolute Gasteiger partial charge is 0.328 e. The molecule has 2 atom stereocenters. The second kappa shape index (κ2) is 5.91. The van der Waals surface area contributed by atoms with Gasteiger partial charge in [0.05, 0.1) is 15.7 Å². The molecule has 3 nitrogen and oxygen atoms in total. The van der Waals surface area contributed by atoms with Gasteiger partial charge in [0.2, 0.25) is 5.91 Å². The molecule has 2 rings (SSSR count). The van der Waals surface area contributed by atoms with Gasteiger partial charge in [0.1, 0.15) is 0 Å². The van der Waals surface area contributed by atoms with Crippen molar-refractivity contribution in [2.45, 2.75) is 31.7 Å². The standard InChI is InChI=1S/C13H16Cl2N2O/c14-10-5-2-6-11(12(10)15)17-13(18)8-3-1-4-9(16)7-8/h2,5-6,8-9H,1,3-4,7,16H2,(H,17,18). The van der Waals surface area contributed by atoms with Crippen LogP contribution in [-0.4, -0.2) is 11.9 Å². The van der Waals surface area contributed by atoms with E-state index in [1.54, 1.807) is 18.2 Å². The Morgan fingerprint density at radius 1 is 1.33 bits per heavy atom. The van der Waals surface area contributed by atoms with Crippen molar-refractivity contribution in [3.63, 3.8) is 0 Å². The summed E-state index contributed by atoms with van der Waals surface area (Å²) >= 11 is 11.9. The van der Waals surface area contributed by atoms with Crippen molar-refractivity contribution in [2.75, 3.05) is 5.32 Å². The van der Waals surface area contributed by atoms with Crippen molar-refractivity contribution in [1.29, 1.82) is 0 Å². The lowest BCUT2D eigenvalue weighted by Crippen LogP contribution is -2.34. The fourth-order valence-electron chi connectivity index (χ4n) is 2.30. The summed E-state index contributed by atoms with van der Waals surface area (Å²) in [7, 11) is 0. The molecule has 98 valence electrons. The molecule has 1 amide bonds. The molecule has 1 saturated carbocycles. The number of halogens is 2. The summed E-state index contributed by atoms with van der Waals surface area (Å²) in [6, 6.07) is 5.32. The Labute approximate surface area is 117 Å². The lowest BCUT2D eigenvalue weighted by Gasteiger charge is -2.25. The van der Waals surface area contributed by atoms with Crippen molar-refractivity contribution >= 4 is 34.8 Å². The molecule has 18 heavy (non-hydrogen) atoms. The predicted molar refractivity (Wildman–Crippen MR) is 75.0 cm³/mol. The third kappa shape index (κ3) is 3.16. The van der Waals surface area contributed by atoms with Gasteiger partial charge in [0.15, 0.2) is 0 Å². The van der Waals surface area contributed by atoms with Crippen LogP contribution in [0.25, 0.3) is 0 Å². The van der Waals surface area contributed by atoms with Gasteiger partial charge in [-0.2, -0.15) is 0 Å². The third-order valence-electron chi connectivity index (χ3n) is 3.30. The van der Waals surface area contributed by atoms with E-state index in [1.165, 1.54) is 0 Å². The Bertz CT molecular complexity index is 451. The van der Waals surface area contributed by atoms with E-state index >= 15 is 0 Å². The SMILES string of the molecule is NC1CCCC(C(=O)Nc2cccc(Cl)c2Cl)C1. The van der Waals surface area contributed by atoms with Crippen LogP contribution in [0.1, 0.15) is 25.7 Å². The van der Waals surface area contributed by atoms with Crippen molar-refractivity contribution in [3.05, 3.63) is 28.2 Å². The zero-order valence-corrected chi connectivity index (χ0v) is 11.5. The van der Waals surface area contributed by atoms with Crippen molar-refractivity contribution in [2.24, 2.45) is 11.7 Å². The van der Waals surface area contributed by atoms with E-state index in [0.29, 0.717) is 15.7 Å². The van der Waals surface area contributed by atoms with Gasteiger partial charge in [-0.25, -0.2) is 0 Å². The lowest BCUT2D eigenvalue weighted by atomic mass is 9.85. The van der Waals surface area contributed by atoms with Crippen LogP contribution in [-0.2, 0) is 4.79 Å². The molecule has 0 aliphatic heterocycles. The molecule has 0 radical (unpaired) electrons. The minimum absolute atomic E-state index is 0.0192. The average molecular weight is 287 g/mol. The molecule has 1 aromatic rings. The molecule has 1 fully saturated rings. The molecule has 0 heterocycles. The minimum Gasteiger partial charge on any atom is -0.328 e. The van der Waals surface area contributed by atoms with Crippen LogP contribution in [0.2, 0.25) is 10.0 Å². The van der Waals surface area contributed by atoms with Crippen molar-refractivity contribution in [1.82, 2.24) is 0 Å². The Balaban J connectivity index is 2.04. The maximum Gasteiger partial charge on any atom is 0.227 e. The molecular formula is C13H16Cl2N2O. The number of benzene rings is 1. The van der Waals surface area contributed by atoms with E-state index in [1.807, 2.05) is 0 Å². The van der Waals surface area contributed by atoms with Crippen LogP contribution >= 0.6 is 23.2 Å². The molecule has 0 saturated heterocycles. The summed E-state index contributed by atoms with van der Waals surface area (Å²) in [4.78, 5) is 12.1. The van der Waals surface area contributed by atoms with E-state index in [-0.39, 0.29) is 17.9 Å². The average Bonchev–Trinajstić information content (AvgIpc) is 2.35. The highest BCUT2D eigenvalue weighted by Gasteiger charge is 2.25. The molecule has 1 aromatic carbocycles. The normalized spacial score (nSPS) is 23.7. The highest BCUT2D eigenvalue weighted by molar-refractivity contribution is 6.43. The van der Waals surface area contributed by atoms with Gasteiger partial charge in [0, 0.05) is 12.0 Å². The first kappa shape index (κ1) is 13.7. The summed E-state index contributed by atoms with van der Waals surface area (Å²) in [6.45, 7) is 0. The third-order valence-corrected chi connectivity index (χ3v) is 4.11. The molecule has 1 aliphatic rings. The number of nitrogens with one attached hydrogen (secondary N) is 1. The lowest BCUT2D eigenvalue weighted by molar-refractivity contribution is -0.120. The highest BCUT2D eigenvalue weighted by atomic mass is 35.5. The smallest absolute Gasteiger partial charge is 0.227 e. The second-order valence-electron chi connectivity index (χ2n) is 4.71. The van der Waals surface area contributed by atoms with E-state index in [4.69, 9.17) is 28.9 Å². The van der Waals surface area contributed by atoms with Crippen LogP contribution in [0.15, 0.2) is 18.2 Å². The maximum absolute atomic E-state index is 12.1. The van der Waals surface area contributed by atoms with Crippen LogP contribution in [0.5, 0.6) is 0 Å². The van der Waals surface area contributed by atoms with Gasteiger partial charge in [-0.3, -0.25) is 4.79 Å². The summed E-state index contributed by atoms with van der Waals surface area (Å²) < 4.78 is 0. The fraction of sp³-hybridized carbons (Fsp3) is 0.462. The summed E-state index contributed by atoms with van der Waals surface area (Å²) in [5, 5.41) is 3.65. The summed E-state index contributed by atoms with van der Waals surface area (Å²) in [6.07, 6.45) is 3.63. The quantitative estimate of drug-likeness (QED) is 0.875. The van der Waals surface area contributed by atoms with E-state index < -0.39 is 0 Å². The molecule has 3 N–H and O–H groups in total. The maximum atomic E-state index is 12.1. The van der Waals surface area contributed by atoms with Gasteiger partial charge in [0.25, 0.3) is 0 Å². The van der Waals surface area contributed by atoms with Crippen LogP contribution in [0.4, 0.5) is 5.69 Å². The van der Waals surface area contributed by atoms with Gasteiger partial charge >= 0.3 is 0 Å². The first-order valence-electron chi connectivity index (χ1n) is 6.08. The number of carbonyl (C=O) groups is 1. The van der Waals surface area contributed by atoms with Gasteiger partial charge in [-0.05, 0) is 31.4 Å². The van der Waals surface area contributed by atoms with Crippen molar-refractivity contribution < 1.29 is 4.79 Å². The van der Waals surface area contributed by atoms with Gasteiger partial charge in [-0.1, -0.05) is 35.7 Å². The van der Waals surface area contributed by atoms with E-state index in [9.17, 15) is 4.79 Å². The molecule has 1 aliphatic carbocycles. The Kier molecular flexibility index (Phi) is 4.49. The number of nitrogens with two attached hydrogens (primary N) is 1. The Morgan fingerprint density at radius 3 is 2.83 bits per heavy atom. The van der Waals surface area contributed by atoms with Crippen LogP contribution < -0.4 is 11.1 Å². The number of hydrogen-bond acceptors (Lipinski definition) is 2. The van der Waals surface area contributed by atoms with E-state index in [2.05, 4.69) is 5.32 Å². The first-order chi connectivity index (χ1) is 8.58. The minimum atomic E-state index is -0.0243. The number of hydrogen-bond donors (Lipinski definition) is 2. The number of rotatable bonds is 2. The Hall–Kier alpha value is -0.770. The molecule has 5 heteroatoms. The number of anilines is 1. The van der Waals surface area contributed by atoms with Crippen LogP contribution in [0.3, 0.4) is 0 Å². The monoisotopic (exact) mass is 286 g/mol. The molecular weight excluding hydrogens is 271 g/mol. The topological polar surface area (TPSA) is 55.1 Å². The summed E-state index contributed by atoms with van der Waals surface area (Å²) in [5.74, 6) is -0.0434. The molecule has 0 bridgehead atoms. The van der Waals surface area contributed by atoms with Gasteiger partial charge < -0.3 is 11.1 Å². The number of amides is 1. The first-order valence-corrected chi connectivity index (χ1v) is 6.84. The second-order valence-corrected chi connectivity index (χ2v) is 5.50. The van der Waals surface area contributed by atoms with Crippen LogP contribution in [0, 0.1) is 5.92 Å². The van der Waals surface area contributed by atoms with Crippen molar-refractivity contribution in [3.8, 4) is 0 Å². The fourth-order valence-corrected chi connectivity index (χ4v) is 2.65. The highest BCUT2D eigenvalue weighted by Crippen LogP contribution is 2.31. The predicted octanol–water partition coefficient (Wildman–Crippen LogP) is 3.45. The molecule has 0 spiro atoms. The van der Waals surface area contributed by atoms with Gasteiger partial charge in [-0.15, -0.1) is 0 Å².